The maximum atomic E-state index is 2.08. The molecule has 162 valence electrons. The van der Waals surface area contributed by atoms with E-state index in [9.17, 15) is 0 Å². The van der Waals surface area contributed by atoms with E-state index < -0.39 is 0 Å². The summed E-state index contributed by atoms with van der Waals surface area (Å²) in [6.45, 7) is 6.25. The Hall–Kier alpha value is -1.98. The molecule has 0 aliphatic rings. The maximum absolute atomic E-state index is 2.08. The molecule has 0 heterocycles. The summed E-state index contributed by atoms with van der Waals surface area (Å²) in [6, 6.07) is 30.8. The van der Waals surface area contributed by atoms with Crippen molar-refractivity contribution in [2.75, 3.05) is 42.3 Å². The molecular weight excluding hydrogens is 411 g/mol. The van der Waals surface area contributed by atoms with Gasteiger partial charge in [-0.25, -0.2) is 0 Å². The van der Waals surface area contributed by atoms with Crippen molar-refractivity contribution in [2.45, 2.75) is 0 Å². The standard InChI is InChI=1S/3C9H12N.Sc/c3*1-10(2)8-9-6-4-3-5-7-9;/h3*3-8H,1-2H3;/q3*-1;+3. The zero-order valence-electron chi connectivity index (χ0n) is 19.8. The molecular formula is C27H36N3Sc. The van der Waals surface area contributed by atoms with Gasteiger partial charge in [0.05, 0.1) is 0 Å². The molecule has 0 atom stereocenters. The van der Waals surface area contributed by atoms with Crippen molar-refractivity contribution in [1.29, 1.82) is 0 Å². The van der Waals surface area contributed by atoms with Crippen LogP contribution in [-0.2, 0) is 25.8 Å². The van der Waals surface area contributed by atoms with E-state index in [4.69, 9.17) is 0 Å². The molecule has 0 N–H and O–H groups in total. The number of hydrogen-bond acceptors (Lipinski definition) is 3. The summed E-state index contributed by atoms with van der Waals surface area (Å²) in [5.41, 5.74) is 3.73. The van der Waals surface area contributed by atoms with Gasteiger partial charge >= 0.3 is 25.8 Å². The zero-order chi connectivity index (χ0) is 22.2. The van der Waals surface area contributed by atoms with Gasteiger partial charge in [-0.05, 0) is 42.3 Å². The van der Waals surface area contributed by atoms with Crippen LogP contribution in [0.25, 0.3) is 0 Å². The van der Waals surface area contributed by atoms with E-state index in [1.54, 1.807) is 0 Å². The van der Waals surface area contributed by atoms with Crippen molar-refractivity contribution in [2.24, 2.45) is 0 Å². The zero-order valence-corrected chi connectivity index (χ0v) is 21.6. The Kier molecular flexibility index (Phi) is 16.5. The van der Waals surface area contributed by atoms with E-state index in [1.165, 1.54) is 16.7 Å². The van der Waals surface area contributed by atoms with E-state index in [-0.39, 0.29) is 25.8 Å². The van der Waals surface area contributed by atoms with Crippen LogP contribution in [0.5, 0.6) is 0 Å². The van der Waals surface area contributed by atoms with Crippen LogP contribution in [0.1, 0.15) is 16.7 Å². The minimum Gasteiger partial charge on any atom is -0.339 e. The van der Waals surface area contributed by atoms with Crippen LogP contribution in [0, 0.1) is 19.6 Å². The first-order chi connectivity index (χ1) is 14.4. The molecule has 3 aromatic rings. The summed E-state index contributed by atoms with van der Waals surface area (Å²) in [7, 11) is 12.1. The average molecular weight is 448 g/mol. The molecule has 0 spiro atoms. The largest absolute Gasteiger partial charge is 3.00 e. The monoisotopic (exact) mass is 447 g/mol. The second-order valence-corrected chi connectivity index (χ2v) is 7.51. The number of rotatable bonds is 6. The fourth-order valence-corrected chi connectivity index (χ4v) is 2.51. The van der Waals surface area contributed by atoms with E-state index in [2.05, 4.69) is 56.0 Å². The summed E-state index contributed by atoms with van der Waals surface area (Å²) < 4.78 is 0. The van der Waals surface area contributed by atoms with E-state index >= 15 is 0 Å². The minimum absolute atomic E-state index is 0. The summed E-state index contributed by atoms with van der Waals surface area (Å²) in [6.07, 6.45) is 0. The summed E-state index contributed by atoms with van der Waals surface area (Å²) in [5, 5.41) is 0. The van der Waals surface area contributed by atoms with Crippen LogP contribution in [0.2, 0.25) is 0 Å². The molecule has 31 heavy (non-hydrogen) atoms. The third-order valence-corrected chi connectivity index (χ3v) is 3.62. The minimum atomic E-state index is 0. The quantitative estimate of drug-likeness (QED) is 0.477. The predicted octanol–water partition coefficient (Wildman–Crippen LogP) is 5.27. The van der Waals surface area contributed by atoms with Gasteiger partial charge in [-0.3, -0.25) is 0 Å². The molecule has 0 aromatic heterocycles. The molecule has 0 aliphatic heterocycles. The summed E-state index contributed by atoms with van der Waals surface area (Å²) in [4.78, 5) is 6.11. The Morgan fingerprint density at radius 2 is 0.581 bits per heavy atom. The van der Waals surface area contributed by atoms with Crippen LogP contribution in [-0.4, -0.2) is 57.0 Å². The van der Waals surface area contributed by atoms with Crippen molar-refractivity contribution in [3.8, 4) is 0 Å². The molecule has 3 aromatic carbocycles. The Morgan fingerprint density at radius 3 is 0.742 bits per heavy atom. The van der Waals surface area contributed by atoms with Gasteiger partial charge in [-0.1, -0.05) is 18.2 Å². The van der Waals surface area contributed by atoms with Crippen molar-refractivity contribution in [3.05, 3.63) is 127 Å². The average Bonchev–Trinajstić information content (AvgIpc) is 2.70. The van der Waals surface area contributed by atoms with Crippen molar-refractivity contribution in [3.63, 3.8) is 0 Å². The van der Waals surface area contributed by atoms with Gasteiger partial charge in [0.25, 0.3) is 0 Å². The molecule has 0 aliphatic carbocycles. The van der Waals surface area contributed by atoms with E-state index in [1.807, 2.05) is 112 Å². The number of benzene rings is 3. The predicted molar refractivity (Wildman–Crippen MR) is 131 cm³/mol. The maximum Gasteiger partial charge on any atom is 3.00 e. The topological polar surface area (TPSA) is 9.72 Å². The molecule has 0 amide bonds. The van der Waals surface area contributed by atoms with Gasteiger partial charge in [0, 0.05) is 0 Å². The summed E-state index contributed by atoms with van der Waals surface area (Å²) in [5.74, 6) is 0. The SMILES string of the molecule is CN(C)[CH-]c1ccccc1.CN(C)[CH-]c1ccccc1.CN(C)[CH-]c1ccccc1.[Sc+3]. The number of hydrogen-bond donors (Lipinski definition) is 0. The van der Waals surface area contributed by atoms with Gasteiger partial charge in [-0.2, -0.15) is 53.1 Å². The van der Waals surface area contributed by atoms with Crippen LogP contribution in [0.15, 0.2) is 91.0 Å². The van der Waals surface area contributed by atoms with Crippen molar-refractivity contribution in [1.82, 2.24) is 14.7 Å². The third kappa shape index (κ3) is 16.4. The first-order valence-electron chi connectivity index (χ1n) is 10.1. The molecule has 0 bridgehead atoms. The van der Waals surface area contributed by atoms with Crippen molar-refractivity contribution < 1.29 is 25.8 Å². The smallest absolute Gasteiger partial charge is 0.339 e. The molecule has 0 saturated carbocycles. The first kappa shape index (κ1) is 29.0. The molecule has 0 saturated heterocycles. The Morgan fingerprint density at radius 1 is 0.387 bits per heavy atom. The van der Waals surface area contributed by atoms with Crippen molar-refractivity contribution >= 4 is 0 Å². The fourth-order valence-electron chi connectivity index (χ4n) is 2.51. The Bertz CT molecular complexity index is 652. The molecule has 3 rings (SSSR count). The van der Waals surface area contributed by atoms with Crippen LogP contribution < -0.4 is 0 Å². The summed E-state index contributed by atoms with van der Waals surface area (Å²) >= 11 is 0. The fraction of sp³-hybridized carbons (Fsp3) is 0.222. The van der Waals surface area contributed by atoms with Gasteiger partial charge in [0.1, 0.15) is 0 Å². The molecule has 0 radical (unpaired) electrons. The van der Waals surface area contributed by atoms with E-state index in [0.29, 0.717) is 0 Å². The Labute approximate surface area is 209 Å². The second-order valence-electron chi connectivity index (χ2n) is 7.51. The molecule has 0 fully saturated rings. The molecule has 4 heteroatoms. The third-order valence-electron chi connectivity index (χ3n) is 3.62. The normalized spacial score (nSPS) is 9.58. The van der Waals surface area contributed by atoms with Crippen LogP contribution in [0.4, 0.5) is 0 Å². The van der Waals surface area contributed by atoms with Crippen LogP contribution in [0.3, 0.4) is 0 Å². The molecule has 3 nitrogen and oxygen atoms in total. The molecule has 0 unspecified atom stereocenters. The second kappa shape index (κ2) is 17.7. The first-order valence-corrected chi connectivity index (χ1v) is 10.1. The van der Waals surface area contributed by atoms with Gasteiger partial charge in [0.2, 0.25) is 0 Å². The van der Waals surface area contributed by atoms with Gasteiger partial charge < -0.3 is 14.7 Å². The Balaban J connectivity index is 0.000000429. The van der Waals surface area contributed by atoms with Gasteiger partial charge in [0.15, 0.2) is 0 Å². The van der Waals surface area contributed by atoms with Crippen LogP contribution >= 0.6 is 0 Å². The van der Waals surface area contributed by atoms with E-state index in [0.717, 1.165) is 0 Å². The number of nitrogens with zero attached hydrogens (tertiary/aromatic N) is 3. The van der Waals surface area contributed by atoms with Gasteiger partial charge in [-0.15, -0.1) is 56.0 Å².